The molecule has 0 saturated heterocycles. The van der Waals surface area contributed by atoms with Crippen molar-refractivity contribution in [2.24, 2.45) is 5.92 Å². The van der Waals surface area contributed by atoms with E-state index in [-0.39, 0.29) is 34.2 Å². The van der Waals surface area contributed by atoms with Gasteiger partial charge in [-0.3, -0.25) is 4.79 Å². The van der Waals surface area contributed by atoms with Gasteiger partial charge in [0, 0.05) is 24.7 Å². The van der Waals surface area contributed by atoms with E-state index in [4.69, 9.17) is 13.6 Å². The van der Waals surface area contributed by atoms with Crippen LogP contribution in [0.3, 0.4) is 0 Å². The van der Waals surface area contributed by atoms with Gasteiger partial charge in [0.15, 0.2) is 16.9 Å². The Hall–Kier alpha value is -3.38. The lowest BCUT2D eigenvalue weighted by atomic mass is 9.91. The zero-order chi connectivity index (χ0) is 23.2. The maximum atomic E-state index is 13.4. The highest BCUT2D eigenvalue weighted by Crippen LogP contribution is 2.45. The summed E-state index contributed by atoms with van der Waals surface area (Å²) in [4.78, 5) is 25.8. The second kappa shape index (κ2) is 7.95. The molecule has 0 aliphatic rings. The first-order valence-corrected chi connectivity index (χ1v) is 10.6. The van der Waals surface area contributed by atoms with Crippen molar-refractivity contribution in [2.75, 3.05) is 7.11 Å². The summed E-state index contributed by atoms with van der Waals surface area (Å²) < 4.78 is 17.2. The van der Waals surface area contributed by atoms with Crippen LogP contribution in [0, 0.1) is 5.92 Å². The van der Waals surface area contributed by atoms with E-state index in [1.807, 2.05) is 58.0 Å². The predicted molar refractivity (Wildman–Crippen MR) is 123 cm³/mol. The monoisotopic (exact) mass is 434 g/mol. The van der Waals surface area contributed by atoms with Crippen LogP contribution in [0.5, 0.6) is 5.75 Å². The third-order valence-corrected chi connectivity index (χ3v) is 6.13. The van der Waals surface area contributed by atoms with Crippen molar-refractivity contribution in [2.45, 2.75) is 39.7 Å². The number of carbonyl (C=O) groups excluding carboxylic acids is 1. The summed E-state index contributed by atoms with van der Waals surface area (Å²) in [6.45, 7) is 7.38. The Morgan fingerprint density at radius 3 is 2.44 bits per heavy atom. The number of hydrogen-bond donors (Lipinski definition) is 1. The van der Waals surface area contributed by atoms with Gasteiger partial charge in [0.2, 0.25) is 0 Å². The quantitative estimate of drug-likeness (QED) is 0.295. The summed E-state index contributed by atoms with van der Waals surface area (Å²) in [6, 6.07) is 12.3. The fraction of sp³-hybridized carbons (Fsp3) is 0.308. The summed E-state index contributed by atoms with van der Waals surface area (Å²) in [6.07, 6.45) is 0.602. The SMILES string of the molecule is CC[C@@H](C)C(=O)c1c(O)c2c(-c3ccccc3)cc(=O)oc2c2cc(C(C)(C)OC)oc12. The van der Waals surface area contributed by atoms with Crippen LogP contribution >= 0.6 is 0 Å². The summed E-state index contributed by atoms with van der Waals surface area (Å²) in [5.74, 6) is -0.371. The summed E-state index contributed by atoms with van der Waals surface area (Å²) >= 11 is 0. The van der Waals surface area contributed by atoms with E-state index in [9.17, 15) is 14.7 Å². The van der Waals surface area contributed by atoms with Crippen LogP contribution in [-0.2, 0) is 10.3 Å². The normalized spacial score (nSPS) is 13.0. The minimum Gasteiger partial charge on any atom is -0.506 e. The largest absolute Gasteiger partial charge is 0.506 e. The second-order valence-corrected chi connectivity index (χ2v) is 8.51. The first-order chi connectivity index (χ1) is 15.2. The zero-order valence-electron chi connectivity index (χ0n) is 18.8. The van der Waals surface area contributed by atoms with Crippen LogP contribution in [0.4, 0.5) is 0 Å². The second-order valence-electron chi connectivity index (χ2n) is 8.51. The van der Waals surface area contributed by atoms with E-state index in [2.05, 4.69) is 0 Å². The van der Waals surface area contributed by atoms with Crippen molar-refractivity contribution >= 4 is 27.7 Å². The number of rotatable bonds is 6. The molecule has 4 rings (SSSR count). The predicted octanol–water partition coefficient (Wildman–Crippen LogP) is 6.02. The van der Waals surface area contributed by atoms with Crippen LogP contribution < -0.4 is 5.63 Å². The van der Waals surface area contributed by atoms with Crippen LogP contribution in [0.25, 0.3) is 33.1 Å². The van der Waals surface area contributed by atoms with Gasteiger partial charge in [-0.15, -0.1) is 0 Å². The zero-order valence-corrected chi connectivity index (χ0v) is 18.8. The first-order valence-electron chi connectivity index (χ1n) is 10.6. The van der Waals surface area contributed by atoms with E-state index in [0.717, 1.165) is 5.56 Å². The lowest BCUT2D eigenvalue weighted by Crippen LogP contribution is -2.18. The number of hydrogen-bond acceptors (Lipinski definition) is 6. The molecule has 0 spiro atoms. The third kappa shape index (κ3) is 3.41. The van der Waals surface area contributed by atoms with Crippen LogP contribution in [0.1, 0.15) is 50.2 Å². The Bertz CT molecular complexity index is 1370. The highest BCUT2D eigenvalue weighted by molar-refractivity contribution is 6.20. The first kappa shape index (κ1) is 21.8. The van der Waals surface area contributed by atoms with Gasteiger partial charge in [0.1, 0.15) is 22.7 Å². The van der Waals surface area contributed by atoms with Gasteiger partial charge in [0.05, 0.1) is 10.8 Å². The molecule has 0 amide bonds. The Morgan fingerprint density at radius 2 is 1.81 bits per heavy atom. The van der Waals surface area contributed by atoms with E-state index in [1.165, 1.54) is 6.07 Å². The number of aromatic hydroxyl groups is 1. The molecule has 6 heteroatoms. The Morgan fingerprint density at radius 1 is 1.12 bits per heavy atom. The molecular formula is C26H26O6. The third-order valence-electron chi connectivity index (χ3n) is 6.13. The van der Waals surface area contributed by atoms with E-state index in [0.29, 0.717) is 28.5 Å². The lowest BCUT2D eigenvalue weighted by Gasteiger charge is -2.19. The average molecular weight is 434 g/mol. The summed E-state index contributed by atoms with van der Waals surface area (Å²) in [5, 5.41) is 12.1. The molecule has 0 radical (unpaired) electrons. The molecule has 1 atom stereocenters. The molecule has 0 aliphatic heterocycles. The van der Waals surface area contributed by atoms with Gasteiger partial charge in [-0.25, -0.2) is 4.79 Å². The van der Waals surface area contributed by atoms with Gasteiger partial charge >= 0.3 is 5.63 Å². The minimum absolute atomic E-state index is 0.0889. The maximum absolute atomic E-state index is 13.4. The number of phenolic OH excluding ortho intramolecular Hbond substituents is 1. The number of Topliss-reactive ketones (excluding diaryl/α,β-unsaturated/α-hetero) is 1. The van der Waals surface area contributed by atoms with Gasteiger partial charge < -0.3 is 18.7 Å². The molecule has 32 heavy (non-hydrogen) atoms. The van der Waals surface area contributed by atoms with Crippen LogP contribution in [-0.4, -0.2) is 18.0 Å². The highest BCUT2D eigenvalue weighted by atomic mass is 16.5. The molecule has 0 aliphatic carbocycles. The molecule has 2 aromatic heterocycles. The van der Waals surface area contributed by atoms with Gasteiger partial charge in [-0.05, 0) is 31.9 Å². The van der Waals surface area contributed by atoms with Gasteiger partial charge in [0.25, 0.3) is 0 Å². The van der Waals surface area contributed by atoms with Crippen molar-refractivity contribution in [1.29, 1.82) is 0 Å². The highest BCUT2D eigenvalue weighted by Gasteiger charge is 2.32. The van der Waals surface area contributed by atoms with E-state index >= 15 is 0 Å². The number of fused-ring (bicyclic) bond motifs is 3. The van der Waals surface area contributed by atoms with Crippen LogP contribution in [0.15, 0.2) is 56.1 Å². The number of methoxy groups -OCH3 is 1. The number of ether oxygens (including phenoxy) is 1. The van der Waals surface area contributed by atoms with Crippen LogP contribution in [0.2, 0.25) is 0 Å². The smallest absolute Gasteiger partial charge is 0.336 e. The molecule has 0 bridgehead atoms. The Labute approximate surface area is 185 Å². The fourth-order valence-corrected chi connectivity index (χ4v) is 3.80. The van der Waals surface area contributed by atoms with Crippen molar-refractivity contribution < 1.29 is 23.5 Å². The molecule has 6 nitrogen and oxygen atoms in total. The molecule has 0 saturated carbocycles. The summed E-state index contributed by atoms with van der Waals surface area (Å²) in [5.41, 5.74) is 0.304. The topological polar surface area (TPSA) is 89.9 Å². The number of carbonyl (C=O) groups is 1. The number of benzene rings is 2. The Balaban J connectivity index is 2.22. The molecule has 2 aromatic carbocycles. The van der Waals surface area contributed by atoms with Crippen molar-refractivity contribution in [1.82, 2.24) is 0 Å². The molecule has 2 heterocycles. The molecule has 0 unspecified atom stereocenters. The molecule has 0 fully saturated rings. The van der Waals surface area contributed by atoms with E-state index < -0.39 is 11.2 Å². The molecule has 166 valence electrons. The molecule has 1 N–H and O–H groups in total. The standard InChI is InChI=1S/C26H26O6/c1-6-14(2)22(28)21-23(29)20-16(15-10-8-7-9-11-15)13-19(27)32-24(20)17-12-18(31-25(17)21)26(3,4)30-5/h7-14,29H,6H2,1-5H3/t14-/m1/s1. The number of furan rings is 1. The maximum Gasteiger partial charge on any atom is 0.336 e. The molecule has 4 aromatic rings. The van der Waals surface area contributed by atoms with E-state index in [1.54, 1.807) is 13.2 Å². The van der Waals surface area contributed by atoms with Crippen molar-refractivity contribution in [3.63, 3.8) is 0 Å². The lowest BCUT2D eigenvalue weighted by molar-refractivity contribution is 0.00207. The van der Waals surface area contributed by atoms with Crippen molar-refractivity contribution in [3.8, 4) is 16.9 Å². The van der Waals surface area contributed by atoms with Gasteiger partial charge in [-0.1, -0.05) is 44.2 Å². The minimum atomic E-state index is -0.797. The average Bonchev–Trinajstić information content (AvgIpc) is 3.24. The van der Waals surface area contributed by atoms with Gasteiger partial charge in [-0.2, -0.15) is 0 Å². The Kier molecular flexibility index (Phi) is 5.42. The number of ketones is 1. The summed E-state index contributed by atoms with van der Waals surface area (Å²) in [7, 11) is 1.56. The van der Waals surface area contributed by atoms with Crippen molar-refractivity contribution in [3.05, 3.63) is 64.2 Å². The molecular weight excluding hydrogens is 408 g/mol. The number of phenols is 1. The fourth-order valence-electron chi connectivity index (χ4n) is 3.80.